The van der Waals surface area contributed by atoms with Crippen LogP contribution in [0.2, 0.25) is 0 Å². The minimum absolute atomic E-state index is 0.0273. The minimum Gasteiger partial charge on any atom is -0.371 e. The molecule has 11 heteroatoms. The fourth-order valence-corrected chi connectivity index (χ4v) is 4.87. The van der Waals surface area contributed by atoms with Crippen LogP contribution in [0.1, 0.15) is 70.9 Å². The van der Waals surface area contributed by atoms with Crippen molar-refractivity contribution < 1.29 is 35.9 Å². The molecule has 0 aliphatic carbocycles. The number of nitrogens with zero attached hydrogens (tertiary/aromatic N) is 2. The van der Waals surface area contributed by atoms with Crippen molar-refractivity contribution in [2.45, 2.75) is 51.4 Å². The normalized spacial score (nSPS) is 17.4. The first-order chi connectivity index (χ1) is 17.8. The first kappa shape index (κ1) is 27.8. The van der Waals surface area contributed by atoms with Crippen molar-refractivity contribution in [3.05, 3.63) is 58.7 Å². The summed E-state index contributed by atoms with van der Waals surface area (Å²) in [5.41, 5.74) is -2.79. The molecule has 2 aromatic carbocycles. The number of halogens is 6. The lowest BCUT2D eigenvalue weighted by molar-refractivity contribution is -0.143. The Morgan fingerprint density at radius 2 is 1.39 bits per heavy atom. The van der Waals surface area contributed by atoms with E-state index in [0.717, 1.165) is 45.2 Å². The zero-order valence-corrected chi connectivity index (χ0v) is 20.9. The SMILES string of the molecule is CC1CCN(c2ccc(NC(=O)c3cc(C(F)(F)F)cc(C(F)(F)F)c3)cc2C(=O)N2CCCCC2)CC1. The number of carbonyl (C=O) groups excluding carboxylic acids is 2. The molecule has 1 N–H and O–H groups in total. The van der Waals surface area contributed by atoms with Crippen LogP contribution in [0.25, 0.3) is 0 Å². The number of nitrogens with one attached hydrogen (secondary N) is 1. The lowest BCUT2D eigenvalue weighted by Crippen LogP contribution is -2.38. The summed E-state index contributed by atoms with van der Waals surface area (Å²) < 4.78 is 79.5. The Balaban J connectivity index is 1.66. The molecular formula is C27H29F6N3O2. The van der Waals surface area contributed by atoms with E-state index >= 15 is 0 Å². The third kappa shape index (κ3) is 6.42. The highest BCUT2D eigenvalue weighted by molar-refractivity contribution is 6.06. The molecule has 2 aliphatic rings. The number of likely N-dealkylation sites (tertiary alicyclic amines) is 1. The van der Waals surface area contributed by atoms with Crippen molar-refractivity contribution in [1.29, 1.82) is 0 Å². The molecule has 5 nitrogen and oxygen atoms in total. The van der Waals surface area contributed by atoms with Crippen LogP contribution in [0.5, 0.6) is 0 Å². The Bertz CT molecular complexity index is 1150. The average molecular weight is 542 g/mol. The largest absolute Gasteiger partial charge is 0.416 e. The average Bonchev–Trinajstić information content (AvgIpc) is 2.88. The van der Waals surface area contributed by atoms with Gasteiger partial charge in [0.2, 0.25) is 0 Å². The fraction of sp³-hybridized carbons (Fsp3) is 0.481. The van der Waals surface area contributed by atoms with E-state index in [-0.39, 0.29) is 17.7 Å². The first-order valence-electron chi connectivity index (χ1n) is 12.6. The van der Waals surface area contributed by atoms with Gasteiger partial charge in [-0.15, -0.1) is 0 Å². The molecule has 0 saturated carbocycles. The smallest absolute Gasteiger partial charge is 0.371 e. The highest BCUT2D eigenvalue weighted by Gasteiger charge is 2.37. The van der Waals surface area contributed by atoms with E-state index in [1.807, 2.05) is 0 Å². The summed E-state index contributed by atoms with van der Waals surface area (Å²) >= 11 is 0. The van der Waals surface area contributed by atoms with Crippen LogP contribution in [0.4, 0.5) is 37.7 Å². The summed E-state index contributed by atoms with van der Waals surface area (Å²) in [5, 5.41) is 2.39. The Hall–Kier alpha value is -3.24. The molecule has 0 radical (unpaired) electrons. The number of rotatable bonds is 4. The van der Waals surface area contributed by atoms with E-state index < -0.39 is 35.0 Å². The number of piperidine rings is 2. The third-order valence-corrected chi connectivity index (χ3v) is 7.10. The zero-order valence-electron chi connectivity index (χ0n) is 20.9. The Morgan fingerprint density at radius 1 is 0.816 bits per heavy atom. The van der Waals surface area contributed by atoms with Crippen LogP contribution in [0.3, 0.4) is 0 Å². The van der Waals surface area contributed by atoms with E-state index in [9.17, 15) is 35.9 Å². The molecule has 2 fully saturated rings. The third-order valence-electron chi connectivity index (χ3n) is 7.10. The van der Waals surface area contributed by atoms with Crippen molar-refractivity contribution in [3.8, 4) is 0 Å². The van der Waals surface area contributed by atoms with Gasteiger partial charge in [0.05, 0.1) is 16.7 Å². The topological polar surface area (TPSA) is 52.7 Å². The molecule has 0 unspecified atom stereocenters. The Labute approximate surface area is 216 Å². The molecule has 2 aromatic rings. The monoisotopic (exact) mass is 541 g/mol. The molecule has 38 heavy (non-hydrogen) atoms. The molecular weight excluding hydrogens is 512 g/mol. The van der Waals surface area contributed by atoms with Gasteiger partial charge in [0.15, 0.2) is 0 Å². The van der Waals surface area contributed by atoms with Gasteiger partial charge in [0.25, 0.3) is 11.8 Å². The van der Waals surface area contributed by atoms with Gasteiger partial charge < -0.3 is 15.1 Å². The van der Waals surface area contributed by atoms with Crippen LogP contribution in [-0.2, 0) is 12.4 Å². The summed E-state index contributed by atoms with van der Waals surface area (Å²) in [7, 11) is 0. The first-order valence-corrected chi connectivity index (χ1v) is 12.6. The molecule has 0 atom stereocenters. The number of hydrogen-bond donors (Lipinski definition) is 1. The van der Waals surface area contributed by atoms with Crippen LogP contribution >= 0.6 is 0 Å². The summed E-state index contributed by atoms with van der Waals surface area (Å²) in [4.78, 5) is 30.1. The van der Waals surface area contributed by atoms with E-state index in [4.69, 9.17) is 0 Å². The quantitative estimate of drug-likeness (QED) is 0.432. The van der Waals surface area contributed by atoms with Gasteiger partial charge >= 0.3 is 12.4 Å². The van der Waals surface area contributed by atoms with E-state index in [1.54, 1.807) is 11.0 Å². The minimum atomic E-state index is -5.07. The highest BCUT2D eigenvalue weighted by Crippen LogP contribution is 2.37. The Kier molecular flexibility index (Phi) is 7.94. The maximum atomic E-state index is 13.5. The summed E-state index contributed by atoms with van der Waals surface area (Å²) in [6, 6.07) is 5.38. The van der Waals surface area contributed by atoms with Crippen molar-refractivity contribution in [1.82, 2.24) is 4.90 Å². The number of benzene rings is 2. The van der Waals surface area contributed by atoms with E-state index in [0.29, 0.717) is 42.4 Å². The molecule has 2 amide bonds. The van der Waals surface area contributed by atoms with Gasteiger partial charge in [-0.3, -0.25) is 9.59 Å². The van der Waals surface area contributed by atoms with Crippen LogP contribution in [0, 0.1) is 5.92 Å². The predicted molar refractivity (Wildman–Crippen MR) is 131 cm³/mol. The highest BCUT2D eigenvalue weighted by atomic mass is 19.4. The summed E-state index contributed by atoms with van der Waals surface area (Å²) in [6.07, 6.45) is -5.48. The number of alkyl halides is 6. The molecule has 0 spiro atoms. The summed E-state index contributed by atoms with van der Waals surface area (Å²) in [5.74, 6) is -0.800. The van der Waals surface area contributed by atoms with Gasteiger partial charge in [0.1, 0.15) is 0 Å². The standard InChI is InChI=1S/C27H29F6N3O2/c1-17-7-11-35(12-8-17)23-6-5-21(16-22(23)25(38)36-9-3-2-4-10-36)34-24(37)18-13-19(26(28,29)30)15-20(14-18)27(31,32)33/h5-6,13-17H,2-4,7-12H2,1H3,(H,34,37). The van der Waals surface area contributed by atoms with Crippen molar-refractivity contribution in [2.75, 3.05) is 36.4 Å². The number of anilines is 2. The summed E-state index contributed by atoms with van der Waals surface area (Å²) in [6.45, 7) is 4.84. The molecule has 0 aromatic heterocycles. The van der Waals surface area contributed by atoms with E-state index in [2.05, 4.69) is 17.1 Å². The van der Waals surface area contributed by atoms with Crippen LogP contribution < -0.4 is 10.2 Å². The van der Waals surface area contributed by atoms with Gasteiger partial charge in [-0.05, 0) is 74.4 Å². The molecule has 2 saturated heterocycles. The van der Waals surface area contributed by atoms with E-state index in [1.165, 1.54) is 12.1 Å². The zero-order chi connectivity index (χ0) is 27.7. The van der Waals surface area contributed by atoms with Crippen molar-refractivity contribution in [3.63, 3.8) is 0 Å². The van der Waals surface area contributed by atoms with Gasteiger partial charge in [-0.25, -0.2) is 0 Å². The molecule has 2 heterocycles. The predicted octanol–water partition coefficient (Wildman–Crippen LogP) is 6.84. The number of carbonyl (C=O) groups is 2. The Morgan fingerprint density at radius 3 is 1.95 bits per heavy atom. The van der Waals surface area contributed by atoms with Crippen molar-refractivity contribution >= 4 is 23.2 Å². The number of hydrogen-bond acceptors (Lipinski definition) is 3. The second-order valence-electron chi connectivity index (χ2n) is 10.0. The van der Waals surface area contributed by atoms with Crippen molar-refractivity contribution in [2.24, 2.45) is 5.92 Å². The fourth-order valence-electron chi connectivity index (χ4n) is 4.87. The van der Waals surface area contributed by atoms with Gasteiger partial charge in [-0.2, -0.15) is 26.3 Å². The lowest BCUT2D eigenvalue weighted by atomic mass is 9.97. The second-order valence-corrected chi connectivity index (χ2v) is 10.0. The van der Waals surface area contributed by atoms with Gasteiger partial charge in [0, 0.05) is 43.1 Å². The van der Waals surface area contributed by atoms with Crippen LogP contribution in [0.15, 0.2) is 36.4 Å². The molecule has 206 valence electrons. The second kappa shape index (κ2) is 10.9. The molecule has 0 bridgehead atoms. The van der Waals surface area contributed by atoms with Crippen LogP contribution in [-0.4, -0.2) is 42.9 Å². The molecule has 2 aliphatic heterocycles. The number of amides is 2. The maximum absolute atomic E-state index is 13.5. The van der Waals surface area contributed by atoms with Gasteiger partial charge in [-0.1, -0.05) is 6.92 Å². The lowest BCUT2D eigenvalue weighted by Gasteiger charge is -2.35. The molecule has 4 rings (SSSR count). The maximum Gasteiger partial charge on any atom is 0.416 e.